The van der Waals surface area contributed by atoms with Gasteiger partial charge in [0.25, 0.3) is 0 Å². The molecule has 2 aromatic rings. The maximum atomic E-state index is 6.21. The van der Waals surface area contributed by atoms with Crippen LogP contribution in [0, 0.1) is 5.92 Å². The largest absolute Gasteiger partial charge is 0.492 e. The maximum Gasteiger partial charge on any atom is 0.166 e. The molecule has 0 atom stereocenters. The zero-order valence-corrected chi connectivity index (χ0v) is 17.3. The first kappa shape index (κ1) is 19.5. The number of nitrogens with one attached hydrogen (secondary N) is 1. The first-order valence-corrected chi connectivity index (χ1v) is 10.5. The number of ether oxygens (including phenoxy) is 1. The van der Waals surface area contributed by atoms with Crippen LogP contribution in [0.4, 0.5) is 0 Å². The van der Waals surface area contributed by atoms with Crippen molar-refractivity contribution in [1.82, 2.24) is 9.97 Å². The Morgan fingerprint density at radius 3 is 2.70 bits per heavy atom. The number of benzene rings is 1. The number of nitrogens with zero attached hydrogens (tertiary/aromatic N) is 2. The molecule has 142 valence electrons. The number of aliphatic imine (C=N–C) groups is 1. The van der Waals surface area contributed by atoms with Crippen molar-refractivity contribution in [3.8, 4) is 0 Å². The van der Waals surface area contributed by atoms with Crippen LogP contribution in [0.25, 0.3) is 11.0 Å². The SMILES string of the molecule is CCC(CC)COC1=C(C)C(CSc2nc3ccccc3[nH]2)=NC=C=C1C. The molecule has 0 unspecified atom stereocenters. The monoisotopic (exact) mass is 381 g/mol. The van der Waals surface area contributed by atoms with Gasteiger partial charge in [-0.3, -0.25) is 4.99 Å². The number of H-pyrrole nitrogens is 1. The van der Waals surface area contributed by atoms with E-state index in [4.69, 9.17) is 4.74 Å². The fourth-order valence-electron chi connectivity index (χ4n) is 3.00. The van der Waals surface area contributed by atoms with Crippen LogP contribution >= 0.6 is 11.8 Å². The second kappa shape index (κ2) is 9.12. The second-order valence-corrected chi connectivity index (χ2v) is 7.73. The Morgan fingerprint density at radius 1 is 1.19 bits per heavy atom. The van der Waals surface area contributed by atoms with Crippen LogP contribution in [0.2, 0.25) is 0 Å². The molecule has 0 radical (unpaired) electrons. The van der Waals surface area contributed by atoms with Gasteiger partial charge in [0.05, 0.1) is 29.6 Å². The average Bonchev–Trinajstić information content (AvgIpc) is 3.04. The van der Waals surface area contributed by atoms with Gasteiger partial charge in [0.15, 0.2) is 5.16 Å². The van der Waals surface area contributed by atoms with E-state index >= 15 is 0 Å². The molecular weight excluding hydrogens is 354 g/mol. The Balaban J connectivity index is 1.73. The number of hydrogen-bond acceptors (Lipinski definition) is 4. The van der Waals surface area contributed by atoms with E-state index in [1.165, 1.54) is 0 Å². The van der Waals surface area contributed by atoms with E-state index in [0.717, 1.165) is 64.0 Å². The highest BCUT2D eigenvalue weighted by molar-refractivity contribution is 7.99. The van der Waals surface area contributed by atoms with Crippen molar-refractivity contribution in [2.24, 2.45) is 10.9 Å². The van der Waals surface area contributed by atoms with Crippen molar-refractivity contribution in [2.45, 2.75) is 45.7 Å². The zero-order valence-electron chi connectivity index (χ0n) is 16.5. The summed E-state index contributed by atoms with van der Waals surface area (Å²) >= 11 is 1.66. The van der Waals surface area contributed by atoms with Gasteiger partial charge in [0.2, 0.25) is 0 Å². The number of hydrogen-bond donors (Lipinski definition) is 1. The van der Waals surface area contributed by atoms with Crippen LogP contribution in [-0.4, -0.2) is 28.0 Å². The summed E-state index contributed by atoms with van der Waals surface area (Å²) in [5.41, 5.74) is 8.36. The molecule has 0 saturated carbocycles. The summed E-state index contributed by atoms with van der Waals surface area (Å²) in [4.78, 5) is 12.6. The summed E-state index contributed by atoms with van der Waals surface area (Å²) in [5.74, 6) is 2.23. The van der Waals surface area contributed by atoms with Gasteiger partial charge in [-0.15, -0.1) is 0 Å². The second-order valence-electron chi connectivity index (χ2n) is 6.77. The minimum Gasteiger partial charge on any atom is -0.492 e. The van der Waals surface area contributed by atoms with Crippen molar-refractivity contribution in [3.05, 3.63) is 53.1 Å². The van der Waals surface area contributed by atoms with E-state index in [1.54, 1.807) is 18.0 Å². The average molecular weight is 382 g/mol. The topological polar surface area (TPSA) is 50.3 Å². The van der Waals surface area contributed by atoms with Gasteiger partial charge in [-0.1, -0.05) is 56.3 Å². The van der Waals surface area contributed by atoms with E-state index in [2.05, 4.69) is 41.5 Å². The Labute approximate surface area is 165 Å². The van der Waals surface area contributed by atoms with Crippen molar-refractivity contribution in [1.29, 1.82) is 0 Å². The normalized spacial score (nSPS) is 14.6. The molecule has 5 heteroatoms. The third-order valence-electron chi connectivity index (χ3n) is 4.95. The lowest BCUT2D eigenvalue weighted by Gasteiger charge is -2.18. The maximum absolute atomic E-state index is 6.21. The standard InChI is InChI=1S/C22H27N3OS/c1-5-17(6-2)13-26-21-15(3)11-12-23-20(16(21)4)14-27-22-24-18-9-7-8-10-19(18)25-22/h7-10,12,17H,5-6,13-14H2,1-4H3,(H,24,25). The van der Waals surface area contributed by atoms with Gasteiger partial charge < -0.3 is 9.72 Å². The summed E-state index contributed by atoms with van der Waals surface area (Å²) in [5, 5.41) is 0.907. The predicted molar refractivity (Wildman–Crippen MR) is 114 cm³/mol. The van der Waals surface area contributed by atoms with Crippen molar-refractivity contribution >= 4 is 28.5 Å². The number of rotatable bonds is 8. The molecule has 3 rings (SSSR count). The summed E-state index contributed by atoms with van der Waals surface area (Å²) in [6, 6.07) is 8.08. The fraction of sp³-hybridized carbons (Fsp3) is 0.409. The summed E-state index contributed by atoms with van der Waals surface area (Å²) in [7, 11) is 0. The van der Waals surface area contributed by atoms with Crippen LogP contribution in [0.1, 0.15) is 40.5 Å². The molecule has 0 aliphatic carbocycles. The van der Waals surface area contributed by atoms with E-state index in [9.17, 15) is 0 Å². The van der Waals surface area contributed by atoms with Crippen LogP contribution in [-0.2, 0) is 4.74 Å². The fourth-order valence-corrected chi connectivity index (χ4v) is 3.91. The number of imidazole rings is 1. The smallest absolute Gasteiger partial charge is 0.166 e. The highest BCUT2D eigenvalue weighted by Gasteiger charge is 2.16. The Morgan fingerprint density at radius 2 is 1.96 bits per heavy atom. The number of fused-ring (bicyclic) bond motifs is 1. The van der Waals surface area contributed by atoms with Crippen LogP contribution in [0.15, 0.2) is 63.3 Å². The Bertz CT molecular complexity index is 895. The number of allylic oxidation sites excluding steroid dienone is 2. The van der Waals surface area contributed by atoms with Gasteiger partial charge in [0.1, 0.15) is 5.76 Å². The van der Waals surface area contributed by atoms with E-state index < -0.39 is 0 Å². The molecule has 1 aromatic heterocycles. The molecule has 0 fully saturated rings. The molecule has 1 aliphatic rings. The number of para-hydroxylation sites is 2. The quantitative estimate of drug-likeness (QED) is 0.458. The van der Waals surface area contributed by atoms with Crippen molar-refractivity contribution in [3.63, 3.8) is 0 Å². The van der Waals surface area contributed by atoms with Gasteiger partial charge in [-0.2, -0.15) is 0 Å². The van der Waals surface area contributed by atoms with Crippen molar-refractivity contribution in [2.75, 3.05) is 12.4 Å². The number of aromatic nitrogens is 2. The zero-order chi connectivity index (χ0) is 19.2. The molecule has 1 aliphatic heterocycles. The molecule has 0 saturated heterocycles. The van der Waals surface area contributed by atoms with E-state index in [1.807, 2.05) is 31.2 Å². The van der Waals surface area contributed by atoms with Gasteiger partial charge in [0, 0.05) is 16.9 Å². The van der Waals surface area contributed by atoms with Crippen LogP contribution in [0.5, 0.6) is 0 Å². The summed E-state index contributed by atoms with van der Waals surface area (Å²) in [6.07, 6.45) is 4.01. The first-order valence-electron chi connectivity index (χ1n) is 9.52. The lowest BCUT2D eigenvalue weighted by Crippen LogP contribution is -2.12. The molecule has 0 bridgehead atoms. The molecule has 0 amide bonds. The lowest BCUT2D eigenvalue weighted by atomic mass is 10.0. The molecule has 1 aromatic carbocycles. The summed E-state index contributed by atoms with van der Waals surface area (Å²) < 4.78 is 6.21. The first-order chi connectivity index (χ1) is 13.1. The highest BCUT2D eigenvalue weighted by Crippen LogP contribution is 2.25. The van der Waals surface area contributed by atoms with Crippen LogP contribution < -0.4 is 0 Å². The molecule has 27 heavy (non-hydrogen) atoms. The Hall–Kier alpha value is -2.23. The van der Waals surface area contributed by atoms with Gasteiger partial charge >= 0.3 is 0 Å². The third-order valence-corrected chi connectivity index (χ3v) is 5.83. The highest BCUT2D eigenvalue weighted by atomic mass is 32.2. The van der Waals surface area contributed by atoms with Gasteiger partial charge in [-0.05, 0) is 31.9 Å². The lowest BCUT2D eigenvalue weighted by molar-refractivity contribution is 0.164. The number of thioether (sulfide) groups is 1. The Kier molecular flexibility index (Phi) is 6.59. The van der Waals surface area contributed by atoms with Crippen LogP contribution in [0.3, 0.4) is 0 Å². The molecule has 1 N–H and O–H groups in total. The van der Waals surface area contributed by atoms with Crippen molar-refractivity contribution < 1.29 is 4.74 Å². The third kappa shape index (κ3) is 4.74. The minimum atomic E-state index is 0.579. The van der Waals surface area contributed by atoms with Gasteiger partial charge in [-0.25, -0.2) is 4.98 Å². The summed E-state index contributed by atoms with van der Waals surface area (Å²) in [6.45, 7) is 9.29. The molecular formula is C22H27N3OS. The predicted octanol–water partition coefficient (Wildman–Crippen LogP) is 5.90. The minimum absolute atomic E-state index is 0.579. The molecule has 0 spiro atoms. The van der Waals surface area contributed by atoms with E-state index in [0.29, 0.717) is 5.92 Å². The number of aromatic amines is 1. The molecule has 4 nitrogen and oxygen atoms in total. The van der Waals surface area contributed by atoms with E-state index in [-0.39, 0.29) is 0 Å². The molecule has 2 heterocycles.